The van der Waals surface area contributed by atoms with Crippen LogP contribution in [-0.2, 0) is 0 Å². The smallest absolute Gasteiger partial charge is 0.269 e. The number of ether oxygens (including phenoxy) is 1. The lowest BCUT2D eigenvalue weighted by Crippen LogP contribution is -2.41. The van der Waals surface area contributed by atoms with E-state index < -0.39 is 11.8 Å². The summed E-state index contributed by atoms with van der Waals surface area (Å²) in [7, 11) is 1.50. The Morgan fingerprint density at radius 1 is 0.655 bits per heavy atom. The second-order valence-corrected chi connectivity index (χ2v) is 6.04. The summed E-state index contributed by atoms with van der Waals surface area (Å²) in [6.45, 7) is 0. The van der Waals surface area contributed by atoms with Gasteiger partial charge in [0.25, 0.3) is 17.7 Å². The fraction of sp³-hybridized carbons (Fsp3) is 0.0455. The van der Waals surface area contributed by atoms with Crippen LogP contribution in [0.5, 0.6) is 5.75 Å². The van der Waals surface area contributed by atoms with E-state index in [1.165, 1.54) is 13.2 Å². The van der Waals surface area contributed by atoms with Crippen LogP contribution in [-0.4, -0.2) is 24.8 Å². The summed E-state index contributed by atoms with van der Waals surface area (Å²) in [5.41, 5.74) is 6.30. The van der Waals surface area contributed by atoms with Crippen molar-refractivity contribution in [1.82, 2.24) is 10.9 Å². The number of anilines is 1. The SMILES string of the molecule is COc1cccc(C(=O)NNC(=O)c2cccc(NC(=O)c3ccccc3)c2)c1. The molecule has 7 nitrogen and oxygen atoms in total. The molecular weight excluding hydrogens is 370 g/mol. The van der Waals surface area contributed by atoms with Gasteiger partial charge in [0.1, 0.15) is 5.75 Å². The van der Waals surface area contributed by atoms with Crippen molar-refractivity contribution in [3.8, 4) is 5.75 Å². The van der Waals surface area contributed by atoms with Crippen LogP contribution in [0.25, 0.3) is 0 Å². The van der Waals surface area contributed by atoms with Crippen LogP contribution in [0.15, 0.2) is 78.9 Å². The van der Waals surface area contributed by atoms with Crippen molar-refractivity contribution in [1.29, 1.82) is 0 Å². The van der Waals surface area contributed by atoms with E-state index in [1.807, 2.05) is 6.07 Å². The third-order valence-electron chi connectivity index (χ3n) is 4.04. The number of nitrogens with one attached hydrogen (secondary N) is 3. The van der Waals surface area contributed by atoms with Crippen molar-refractivity contribution in [3.63, 3.8) is 0 Å². The van der Waals surface area contributed by atoms with Gasteiger partial charge in [-0.2, -0.15) is 0 Å². The summed E-state index contributed by atoms with van der Waals surface area (Å²) in [5, 5.41) is 2.74. The number of carbonyl (C=O) groups excluding carboxylic acids is 3. The molecule has 3 amide bonds. The number of benzene rings is 3. The molecule has 0 spiro atoms. The molecule has 0 bridgehead atoms. The van der Waals surface area contributed by atoms with Gasteiger partial charge in [-0.3, -0.25) is 25.2 Å². The van der Waals surface area contributed by atoms with Crippen molar-refractivity contribution in [2.45, 2.75) is 0 Å². The maximum absolute atomic E-state index is 12.3. The zero-order valence-corrected chi connectivity index (χ0v) is 15.6. The highest BCUT2D eigenvalue weighted by Gasteiger charge is 2.11. The zero-order chi connectivity index (χ0) is 20.6. The molecular formula is C22H19N3O4. The second-order valence-electron chi connectivity index (χ2n) is 6.04. The first kappa shape index (κ1) is 19.6. The first-order valence-corrected chi connectivity index (χ1v) is 8.78. The molecule has 0 aliphatic carbocycles. The third kappa shape index (κ3) is 5.20. The fourth-order valence-corrected chi connectivity index (χ4v) is 2.55. The molecule has 0 heterocycles. The highest BCUT2D eigenvalue weighted by Crippen LogP contribution is 2.13. The minimum absolute atomic E-state index is 0.279. The number of amides is 3. The number of hydrogen-bond donors (Lipinski definition) is 3. The van der Waals surface area contributed by atoms with Gasteiger partial charge < -0.3 is 10.1 Å². The summed E-state index contributed by atoms with van der Waals surface area (Å²) >= 11 is 0. The van der Waals surface area contributed by atoms with Crippen LogP contribution in [0.4, 0.5) is 5.69 Å². The van der Waals surface area contributed by atoms with E-state index in [2.05, 4.69) is 16.2 Å². The second kappa shape index (κ2) is 9.18. The third-order valence-corrected chi connectivity index (χ3v) is 4.04. The van der Waals surface area contributed by atoms with E-state index in [0.717, 1.165) is 0 Å². The lowest BCUT2D eigenvalue weighted by atomic mass is 10.1. The Kier molecular flexibility index (Phi) is 6.22. The molecule has 0 aromatic heterocycles. The van der Waals surface area contributed by atoms with Crippen molar-refractivity contribution in [2.75, 3.05) is 12.4 Å². The van der Waals surface area contributed by atoms with E-state index in [0.29, 0.717) is 22.6 Å². The standard InChI is InChI=1S/C22H19N3O4/c1-29-19-12-6-10-17(14-19)22(28)25-24-21(27)16-9-5-11-18(13-16)23-20(26)15-7-3-2-4-8-15/h2-14H,1H3,(H,23,26)(H,24,27)(H,25,28). The molecule has 3 aromatic carbocycles. The fourth-order valence-electron chi connectivity index (χ4n) is 2.55. The lowest BCUT2D eigenvalue weighted by molar-refractivity contribution is 0.0846. The summed E-state index contributed by atoms with van der Waals surface area (Å²) in [6, 6.07) is 21.7. The van der Waals surface area contributed by atoms with E-state index in [1.54, 1.807) is 66.7 Å². The molecule has 0 unspecified atom stereocenters. The molecule has 0 fully saturated rings. The van der Waals surface area contributed by atoms with Gasteiger partial charge in [-0.05, 0) is 48.5 Å². The molecule has 0 saturated carbocycles. The molecule has 0 radical (unpaired) electrons. The largest absolute Gasteiger partial charge is 0.497 e. The van der Waals surface area contributed by atoms with Gasteiger partial charge in [-0.15, -0.1) is 0 Å². The summed E-state index contributed by atoms with van der Waals surface area (Å²) < 4.78 is 5.07. The first-order chi connectivity index (χ1) is 14.1. The van der Waals surface area contributed by atoms with Gasteiger partial charge in [0, 0.05) is 22.4 Å². The predicted molar refractivity (Wildman–Crippen MR) is 109 cm³/mol. The Morgan fingerprint density at radius 3 is 1.90 bits per heavy atom. The van der Waals surface area contributed by atoms with Crippen LogP contribution >= 0.6 is 0 Å². The number of hydrogen-bond acceptors (Lipinski definition) is 4. The molecule has 3 N–H and O–H groups in total. The van der Waals surface area contributed by atoms with Crippen molar-refractivity contribution in [3.05, 3.63) is 95.6 Å². The minimum Gasteiger partial charge on any atom is -0.497 e. The van der Waals surface area contributed by atoms with Gasteiger partial charge in [0.15, 0.2) is 0 Å². The molecule has 0 atom stereocenters. The first-order valence-electron chi connectivity index (χ1n) is 8.78. The zero-order valence-electron chi connectivity index (χ0n) is 15.6. The number of carbonyl (C=O) groups is 3. The Bertz CT molecular complexity index is 1030. The molecule has 0 aliphatic heterocycles. The maximum atomic E-state index is 12.3. The summed E-state index contributed by atoms with van der Waals surface area (Å²) in [6.07, 6.45) is 0. The Morgan fingerprint density at radius 2 is 1.24 bits per heavy atom. The van der Waals surface area contributed by atoms with Crippen LogP contribution in [0.2, 0.25) is 0 Å². The maximum Gasteiger partial charge on any atom is 0.269 e. The normalized spacial score (nSPS) is 9.97. The average molecular weight is 389 g/mol. The number of rotatable bonds is 5. The van der Waals surface area contributed by atoms with Crippen LogP contribution < -0.4 is 20.9 Å². The van der Waals surface area contributed by atoms with Gasteiger partial charge >= 0.3 is 0 Å². The average Bonchev–Trinajstić information content (AvgIpc) is 2.78. The van der Waals surface area contributed by atoms with Crippen LogP contribution in [0.1, 0.15) is 31.1 Å². The van der Waals surface area contributed by atoms with E-state index >= 15 is 0 Å². The highest BCUT2D eigenvalue weighted by molar-refractivity contribution is 6.05. The molecule has 3 aromatic rings. The van der Waals surface area contributed by atoms with Gasteiger partial charge in [0.05, 0.1) is 7.11 Å². The molecule has 7 heteroatoms. The molecule has 29 heavy (non-hydrogen) atoms. The topological polar surface area (TPSA) is 96.5 Å². The lowest BCUT2D eigenvalue weighted by Gasteiger charge is -2.10. The minimum atomic E-state index is -0.517. The Labute approximate surface area is 167 Å². The molecule has 0 aliphatic rings. The highest BCUT2D eigenvalue weighted by atomic mass is 16.5. The van der Waals surface area contributed by atoms with E-state index in [-0.39, 0.29) is 11.5 Å². The molecule has 146 valence electrons. The number of methoxy groups -OCH3 is 1. The Hall–Kier alpha value is -4.13. The van der Waals surface area contributed by atoms with Gasteiger partial charge in [-0.25, -0.2) is 0 Å². The van der Waals surface area contributed by atoms with Crippen LogP contribution in [0, 0.1) is 0 Å². The van der Waals surface area contributed by atoms with Gasteiger partial charge in [0.2, 0.25) is 0 Å². The number of hydrazine groups is 1. The predicted octanol–water partition coefficient (Wildman–Crippen LogP) is 3.02. The summed E-state index contributed by atoms with van der Waals surface area (Å²) in [4.78, 5) is 36.8. The monoisotopic (exact) mass is 389 g/mol. The molecule has 0 saturated heterocycles. The van der Waals surface area contributed by atoms with E-state index in [9.17, 15) is 14.4 Å². The Balaban J connectivity index is 1.61. The van der Waals surface area contributed by atoms with E-state index in [4.69, 9.17) is 4.74 Å². The van der Waals surface area contributed by atoms with Gasteiger partial charge in [-0.1, -0.05) is 30.3 Å². The van der Waals surface area contributed by atoms with Crippen molar-refractivity contribution < 1.29 is 19.1 Å². The van der Waals surface area contributed by atoms with Crippen molar-refractivity contribution >= 4 is 23.4 Å². The van der Waals surface area contributed by atoms with Crippen LogP contribution in [0.3, 0.4) is 0 Å². The molecule has 3 rings (SSSR count). The van der Waals surface area contributed by atoms with Crippen molar-refractivity contribution in [2.24, 2.45) is 0 Å². The summed E-state index contributed by atoms with van der Waals surface area (Å²) in [5.74, 6) is -0.747. The quantitative estimate of drug-likeness (QED) is 0.585.